The molecule has 1 aliphatic heterocycles. The van der Waals surface area contributed by atoms with E-state index in [4.69, 9.17) is 5.11 Å². The molecule has 0 aromatic heterocycles. The van der Waals surface area contributed by atoms with E-state index in [1.807, 2.05) is 36.1 Å². The normalized spacial score (nSPS) is 15.0. The fraction of sp³-hybridized carbons (Fsp3) is 0.569. The molecule has 75 heavy (non-hydrogen) atoms. The fourth-order valence-corrected chi connectivity index (χ4v) is 8.26. The van der Waals surface area contributed by atoms with Crippen LogP contribution in [0.25, 0.3) is 0 Å². The molecule has 1 aliphatic rings. The van der Waals surface area contributed by atoms with E-state index in [0.717, 1.165) is 16.7 Å². The fourth-order valence-electron chi connectivity index (χ4n) is 8.26. The smallest absolute Gasteiger partial charge is 0.326 e. The Kier molecular flexibility index (Phi) is 28.0. The number of hydrogen-bond acceptors (Lipinski definition) is 14. The van der Waals surface area contributed by atoms with Crippen LogP contribution in [0.4, 0.5) is 4.79 Å². The largest absolute Gasteiger partial charge is 0.481 e. The highest BCUT2D eigenvalue weighted by Crippen LogP contribution is 2.14. The summed E-state index contributed by atoms with van der Waals surface area (Å²) in [6.07, 6.45) is 2.44. The molecular formula is C51H74N8O16. The molecule has 9 N–H and O–H groups in total. The molecule has 1 saturated heterocycles. The van der Waals surface area contributed by atoms with E-state index in [1.165, 1.54) is 0 Å². The van der Waals surface area contributed by atoms with Crippen LogP contribution in [0.15, 0.2) is 48.5 Å². The summed E-state index contributed by atoms with van der Waals surface area (Å²) in [7, 11) is 0. The highest BCUT2D eigenvalue weighted by atomic mass is 16.4. The van der Waals surface area contributed by atoms with Gasteiger partial charge in [-0.25, -0.2) is 14.4 Å². The molecule has 2 aromatic rings. The molecule has 1 heterocycles. The van der Waals surface area contributed by atoms with Gasteiger partial charge in [0.25, 0.3) is 5.91 Å². The van der Waals surface area contributed by atoms with Crippen molar-refractivity contribution in [2.45, 2.75) is 96.2 Å². The van der Waals surface area contributed by atoms with Gasteiger partial charge >= 0.3 is 41.8 Å². The molecular weight excluding hydrogens is 981 g/mol. The van der Waals surface area contributed by atoms with Gasteiger partial charge < -0.3 is 51.5 Å². The molecule has 2 aromatic carbocycles. The molecule has 0 radical (unpaired) electrons. The first kappa shape index (κ1) is 62.3. The van der Waals surface area contributed by atoms with Crippen LogP contribution in [-0.2, 0) is 51.3 Å². The molecule has 24 nitrogen and oxygen atoms in total. The van der Waals surface area contributed by atoms with Gasteiger partial charge in [0.15, 0.2) is 0 Å². The third-order valence-electron chi connectivity index (χ3n) is 12.5. The van der Waals surface area contributed by atoms with E-state index in [1.54, 1.807) is 43.9 Å². The van der Waals surface area contributed by atoms with E-state index < -0.39 is 60.4 Å². The number of ketones is 1. The Morgan fingerprint density at radius 2 is 1.00 bits per heavy atom. The van der Waals surface area contributed by atoms with Crippen molar-refractivity contribution in [2.24, 2.45) is 0 Å². The number of Topliss-reactive ketones (excluding diaryl/α,β-unsaturated/α-hetero) is 1. The molecule has 0 saturated carbocycles. The van der Waals surface area contributed by atoms with Gasteiger partial charge in [-0.05, 0) is 75.1 Å². The molecule has 0 bridgehead atoms. The minimum atomic E-state index is -1.53. The number of urea groups is 1. The Morgan fingerprint density at radius 1 is 0.520 bits per heavy atom. The Morgan fingerprint density at radius 3 is 1.48 bits per heavy atom. The second kappa shape index (κ2) is 33.7. The summed E-state index contributed by atoms with van der Waals surface area (Å²) in [6.45, 7) is 4.57. The average molecular weight is 1060 g/mol. The van der Waals surface area contributed by atoms with E-state index in [-0.39, 0.29) is 95.6 Å². The predicted molar refractivity (Wildman–Crippen MR) is 271 cm³/mol. The Hall–Kier alpha value is -7.02. The molecule has 0 spiro atoms. The summed E-state index contributed by atoms with van der Waals surface area (Å²) >= 11 is 0. The molecule has 1 fully saturated rings. The number of aryl methyl sites for hydroxylation is 2. The summed E-state index contributed by atoms with van der Waals surface area (Å²) < 4.78 is 0. The van der Waals surface area contributed by atoms with Gasteiger partial charge in [0.05, 0.1) is 26.2 Å². The van der Waals surface area contributed by atoms with Crippen LogP contribution >= 0.6 is 0 Å². The maximum atomic E-state index is 13.5. The number of carboxylic acids is 6. The van der Waals surface area contributed by atoms with Crippen LogP contribution in [-0.4, -0.2) is 218 Å². The zero-order valence-corrected chi connectivity index (χ0v) is 42.7. The maximum absolute atomic E-state index is 13.5. The van der Waals surface area contributed by atoms with Crippen LogP contribution in [0.1, 0.15) is 91.3 Å². The maximum Gasteiger partial charge on any atom is 0.326 e. The van der Waals surface area contributed by atoms with Crippen LogP contribution < -0.4 is 16.0 Å². The number of aliphatic carboxylic acids is 6. The summed E-state index contributed by atoms with van der Waals surface area (Å²) in [5.74, 6) is -7.63. The lowest BCUT2D eigenvalue weighted by atomic mass is 10.0. The lowest BCUT2D eigenvalue weighted by Gasteiger charge is -2.32. The van der Waals surface area contributed by atoms with E-state index >= 15 is 0 Å². The summed E-state index contributed by atoms with van der Waals surface area (Å²) in [5.41, 5.74) is 3.23. The second-order valence-corrected chi connectivity index (χ2v) is 18.7. The van der Waals surface area contributed by atoms with Gasteiger partial charge in [-0.1, -0.05) is 48.4 Å². The van der Waals surface area contributed by atoms with Crippen molar-refractivity contribution < 1.29 is 78.6 Å². The third-order valence-corrected chi connectivity index (χ3v) is 12.5. The topological polar surface area (TPSA) is 344 Å². The van der Waals surface area contributed by atoms with Gasteiger partial charge in [0.1, 0.15) is 17.9 Å². The van der Waals surface area contributed by atoms with E-state index in [0.29, 0.717) is 89.9 Å². The number of nitrogens with one attached hydrogen (secondary N) is 3. The number of unbranched alkanes of at least 4 members (excludes halogenated alkanes) is 3. The number of benzene rings is 2. The lowest BCUT2D eigenvalue weighted by Crippen LogP contribution is -2.51. The van der Waals surface area contributed by atoms with Crippen LogP contribution in [0.2, 0.25) is 0 Å². The predicted octanol–water partition coefficient (Wildman–Crippen LogP) is 1.53. The van der Waals surface area contributed by atoms with E-state index in [2.05, 4.69) is 16.0 Å². The average Bonchev–Trinajstić information content (AvgIpc) is 3.34. The molecule has 0 aliphatic carbocycles. The molecule has 2 atom stereocenters. The quantitative estimate of drug-likeness (QED) is 0.0469. The standard InChI is InChI=1S/C51H74N8O16/c1-36-9-11-38(12-10-36)31-59(22-6-4-7-41(49(71)72)53-51(75)54-42(50(73)74)19-20-44(62)63)43(61)8-3-2-5-21-52-48(70)39-16-13-37(14-17-39)15-18-40(60)32-55-23-25-56(33-45(64)65)27-29-58(35-47(68)69)30-28-57(26-24-55)34-46(66)67/h9-14,16-17,41-42H,2-8,15,18-35H2,1H3,(H,52,70)(H,62,63)(H,64,65)(H,66,67)(H,68,69)(H,71,72)(H,73,74)(H2,53,54,75)/t41-,42-/m1/s1. The highest BCUT2D eigenvalue weighted by molar-refractivity contribution is 5.94. The first-order valence-corrected chi connectivity index (χ1v) is 25.2. The number of carbonyl (C=O) groups excluding carboxylic acids is 4. The lowest BCUT2D eigenvalue weighted by molar-refractivity contribution is -0.141. The van der Waals surface area contributed by atoms with Crippen molar-refractivity contribution >= 4 is 59.4 Å². The monoisotopic (exact) mass is 1050 g/mol. The van der Waals surface area contributed by atoms with Crippen molar-refractivity contribution in [3.63, 3.8) is 0 Å². The van der Waals surface area contributed by atoms with Crippen molar-refractivity contribution in [1.82, 2.24) is 40.4 Å². The van der Waals surface area contributed by atoms with Gasteiger partial charge in [-0.15, -0.1) is 0 Å². The number of nitrogens with zero attached hydrogens (tertiary/aromatic N) is 5. The molecule has 24 heteroatoms. The van der Waals surface area contributed by atoms with Crippen molar-refractivity contribution in [3.8, 4) is 0 Å². The van der Waals surface area contributed by atoms with E-state index in [9.17, 15) is 73.5 Å². The van der Waals surface area contributed by atoms with Crippen molar-refractivity contribution in [3.05, 3.63) is 70.8 Å². The number of carbonyl (C=O) groups is 10. The Labute approximate surface area is 436 Å². The number of carboxylic acid groups (broad SMARTS) is 6. The van der Waals surface area contributed by atoms with Crippen molar-refractivity contribution in [1.29, 1.82) is 0 Å². The molecule has 414 valence electrons. The minimum absolute atomic E-state index is 0.0130. The van der Waals surface area contributed by atoms with Crippen molar-refractivity contribution in [2.75, 3.05) is 91.6 Å². The molecule has 0 unspecified atom stereocenters. The van der Waals surface area contributed by atoms with Crippen LogP contribution in [0.5, 0.6) is 0 Å². The van der Waals surface area contributed by atoms with Gasteiger partial charge in [0.2, 0.25) is 5.91 Å². The van der Waals surface area contributed by atoms with Gasteiger partial charge in [-0.2, -0.15) is 0 Å². The van der Waals surface area contributed by atoms with Crippen LogP contribution in [0, 0.1) is 6.92 Å². The van der Waals surface area contributed by atoms with Gasteiger partial charge in [0, 0.05) is 96.8 Å². The number of amides is 4. The zero-order valence-electron chi connectivity index (χ0n) is 42.7. The summed E-state index contributed by atoms with van der Waals surface area (Å²) in [4.78, 5) is 130. The first-order valence-electron chi connectivity index (χ1n) is 25.2. The second-order valence-electron chi connectivity index (χ2n) is 18.7. The summed E-state index contributed by atoms with van der Waals surface area (Å²) in [6, 6.07) is 10.7. The minimum Gasteiger partial charge on any atom is -0.481 e. The number of rotatable bonds is 32. The van der Waals surface area contributed by atoms with Gasteiger partial charge in [-0.3, -0.25) is 53.2 Å². The molecule has 3 rings (SSSR count). The Balaban J connectivity index is 1.45. The number of hydrogen-bond donors (Lipinski definition) is 9. The molecule has 4 amide bonds. The Bertz CT molecular complexity index is 2180. The SMILES string of the molecule is Cc1ccc(CN(CCCC[C@@H](NC(=O)N[C@H](CCC(=O)O)C(=O)O)C(=O)O)C(=O)CCCCCNC(=O)c2ccc(CCC(=O)CN3CCN(CC(=O)O)CCN(CC(=O)O)CCN(CC(=O)O)CC3)cc2)cc1. The summed E-state index contributed by atoms with van der Waals surface area (Å²) in [5, 5.41) is 63.5. The van der Waals surface area contributed by atoms with Crippen LogP contribution in [0.3, 0.4) is 0 Å². The third kappa shape index (κ3) is 26.7. The first-order chi connectivity index (χ1) is 35.7. The zero-order chi connectivity index (χ0) is 55.3. The highest BCUT2D eigenvalue weighted by Gasteiger charge is 2.26.